The zero-order valence-electron chi connectivity index (χ0n) is 15.7. The summed E-state index contributed by atoms with van der Waals surface area (Å²) in [5.74, 6) is 0. The molecular weight excluding hydrogens is 310 g/mol. The number of hydrogen-bond donors (Lipinski definition) is 1. The number of ether oxygens (including phenoxy) is 1. The fourth-order valence-electron chi connectivity index (χ4n) is 3.85. The van der Waals surface area contributed by atoms with Crippen LogP contribution in [-0.4, -0.2) is 62.2 Å². The number of likely N-dealkylation sites (N-methyl/N-ethyl adjacent to an activating group) is 1. The lowest BCUT2D eigenvalue weighted by Crippen LogP contribution is -2.45. The lowest BCUT2D eigenvalue weighted by Gasteiger charge is -2.37. The molecule has 2 atom stereocenters. The zero-order valence-corrected chi connectivity index (χ0v) is 15.7. The molecule has 0 spiro atoms. The Morgan fingerprint density at radius 3 is 2.64 bits per heavy atom. The molecule has 2 aliphatic rings. The maximum absolute atomic E-state index is 5.74. The number of piperidine rings is 1. The molecule has 0 unspecified atom stereocenters. The zero-order chi connectivity index (χ0) is 17.5. The van der Waals surface area contributed by atoms with Gasteiger partial charge in [0, 0.05) is 25.2 Å². The molecule has 25 heavy (non-hydrogen) atoms. The molecule has 0 radical (unpaired) electrons. The predicted molar refractivity (Wildman–Crippen MR) is 104 cm³/mol. The van der Waals surface area contributed by atoms with E-state index in [4.69, 9.17) is 4.74 Å². The predicted octanol–water partition coefficient (Wildman–Crippen LogP) is 3.04. The van der Waals surface area contributed by atoms with Gasteiger partial charge in [-0.05, 0) is 64.5 Å². The highest BCUT2D eigenvalue weighted by molar-refractivity contribution is 5.19. The molecule has 1 aromatic carbocycles. The highest BCUT2D eigenvalue weighted by Gasteiger charge is 2.24. The Kier molecular flexibility index (Phi) is 6.91. The van der Waals surface area contributed by atoms with Crippen molar-refractivity contribution >= 4 is 0 Å². The molecule has 0 bridgehead atoms. The number of nitrogens with one attached hydrogen (secondary N) is 1. The topological polar surface area (TPSA) is 27.7 Å². The number of benzene rings is 1. The Morgan fingerprint density at radius 1 is 1.20 bits per heavy atom. The Labute approximate surface area is 152 Å². The van der Waals surface area contributed by atoms with Crippen molar-refractivity contribution in [2.45, 2.75) is 43.9 Å². The fourth-order valence-corrected chi connectivity index (χ4v) is 3.85. The second-order valence-corrected chi connectivity index (χ2v) is 7.55. The van der Waals surface area contributed by atoms with Crippen molar-refractivity contribution in [1.29, 1.82) is 0 Å². The third kappa shape index (κ3) is 5.56. The third-order valence-corrected chi connectivity index (χ3v) is 5.60. The molecule has 1 fully saturated rings. The monoisotopic (exact) mass is 343 g/mol. The van der Waals surface area contributed by atoms with E-state index < -0.39 is 0 Å². The van der Waals surface area contributed by atoms with Crippen LogP contribution < -0.4 is 5.32 Å². The van der Waals surface area contributed by atoms with Crippen LogP contribution in [0.25, 0.3) is 0 Å². The minimum atomic E-state index is 0.296. The molecule has 1 N–H and O–H groups in total. The Balaban J connectivity index is 1.58. The first-order valence-electron chi connectivity index (χ1n) is 9.70. The van der Waals surface area contributed by atoms with Crippen molar-refractivity contribution in [2.75, 3.05) is 40.3 Å². The summed E-state index contributed by atoms with van der Waals surface area (Å²) in [6.45, 7) is 4.37. The first kappa shape index (κ1) is 18.4. The van der Waals surface area contributed by atoms with Crippen LogP contribution in [0.15, 0.2) is 42.7 Å². The lowest BCUT2D eigenvalue weighted by molar-refractivity contribution is 0.108. The van der Waals surface area contributed by atoms with Crippen LogP contribution >= 0.6 is 0 Å². The van der Waals surface area contributed by atoms with Gasteiger partial charge < -0.3 is 19.9 Å². The maximum atomic E-state index is 5.74. The molecule has 4 nitrogen and oxygen atoms in total. The quantitative estimate of drug-likeness (QED) is 0.824. The van der Waals surface area contributed by atoms with Gasteiger partial charge in [0.2, 0.25) is 0 Å². The van der Waals surface area contributed by atoms with E-state index in [9.17, 15) is 0 Å². The number of allylic oxidation sites excluding steroid dienone is 1. The normalized spacial score (nSPS) is 23.6. The Morgan fingerprint density at radius 2 is 1.96 bits per heavy atom. The van der Waals surface area contributed by atoms with Crippen molar-refractivity contribution in [1.82, 2.24) is 15.1 Å². The van der Waals surface area contributed by atoms with E-state index in [0.29, 0.717) is 18.2 Å². The standard InChI is InChI=1S/C21H33N3O/c1-23-13-11-19(12-14-23)24(2)17-21(18-8-4-3-5-9-18)22-16-20-10-6-7-15-25-20/h3-5,7-9,15,19-22H,6,10-14,16-17H2,1-2H3/t20-,21-/m0/s1. The highest BCUT2D eigenvalue weighted by Crippen LogP contribution is 2.20. The van der Waals surface area contributed by atoms with Crippen molar-refractivity contribution in [2.24, 2.45) is 0 Å². The van der Waals surface area contributed by atoms with Gasteiger partial charge in [-0.1, -0.05) is 30.3 Å². The third-order valence-electron chi connectivity index (χ3n) is 5.60. The number of likely N-dealkylation sites (tertiary alicyclic amines) is 1. The van der Waals surface area contributed by atoms with E-state index in [0.717, 1.165) is 25.9 Å². The summed E-state index contributed by atoms with van der Waals surface area (Å²) in [4.78, 5) is 4.99. The van der Waals surface area contributed by atoms with Gasteiger partial charge in [0.15, 0.2) is 0 Å². The van der Waals surface area contributed by atoms with E-state index in [-0.39, 0.29) is 0 Å². The van der Waals surface area contributed by atoms with E-state index in [1.165, 1.54) is 31.5 Å². The van der Waals surface area contributed by atoms with Gasteiger partial charge in [-0.3, -0.25) is 0 Å². The van der Waals surface area contributed by atoms with Crippen LogP contribution in [0, 0.1) is 0 Å². The fraction of sp³-hybridized carbons (Fsp3) is 0.619. The summed E-state index contributed by atoms with van der Waals surface area (Å²) in [5, 5.41) is 3.77. The molecule has 0 aliphatic carbocycles. The Bertz CT molecular complexity index is 525. The number of rotatable bonds is 7. The van der Waals surface area contributed by atoms with E-state index in [1.807, 2.05) is 6.26 Å². The molecular formula is C21H33N3O. The summed E-state index contributed by atoms with van der Waals surface area (Å²) in [5.41, 5.74) is 1.37. The van der Waals surface area contributed by atoms with Crippen LogP contribution in [0.4, 0.5) is 0 Å². The van der Waals surface area contributed by atoms with Crippen molar-refractivity contribution in [3.8, 4) is 0 Å². The SMILES string of the molecule is CN1CCC(N(C)C[C@H](NC[C@@H]2CCC=CO2)c2ccccc2)CC1. The van der Waals surface area contributed by atoms with Crippen LogP contribution in [0.5, 0.6) is 0 Å². The number of nitrogens with zero attached hydrogens (tertiary/aromatic N) is 2. The van der Waals surface area contributed by atoms with Crippen LogP contribution in [0.2, 0.25) is 0 Å². The summed E-state index contributed by atoms with van der Waals surface area (Å²) < 4.78 is 5.74. The van der Waals surface area contributed by atoms with E-state index in [1.54, 1.807) is 0 Å². The molecule has 3 rings (SSSR count). The van der Waals surface area contributed by atoms with Gasteiger partial charge in [0.25, 0.3) is 0 Å². The second-order valence-electron chi connectivity index (χ2n) is 7.55. The summed E-state index contributed by atoms with van der Waals surface area (Å²) in [6.07, 6.45) is 9.03. The molecule has 0 saturated carbocycles. The molecule has 0 amide bonds. The van der Waals surface area contributed by atoms with Crippen molar-refractivity contribution < 1.29 is 4.74 Å². The summed E-state index contributed by atoms with van der Waals surface area (Å²) in [7, 11) is 4.51. The minimum Gasteiger partial charge on any atom is -0.497 e. The van der Waals surface area contributed by atoms with Crippen LogP contribution in [0.3, 0.4) is 0 Å². The average molecular weight is 344 g/mol. The molecule has 1 aromatic rings. The van der Waals surface area contributed by atoms with Crippen molar-refractivity contribution in [3.63, 3.8) is 0 Å². The van der Waals surface area contributed by atoms with Gasteiger partial charge in [-0.25, -0.2) is 0 Å². The second kappa shape index (κ2) is 9.37. The average Bonchev–Trinajstić information content (AvgIpc) is 2.67. The molecule has 2 aliphatic heterocycles. The molecule has 2 heterocycles. The molecule has 138 valence electrons. The van der Waals surface area contributed by atoms with Gasteiger partial charge in [-0.15, -0.1) is 0 Å². The first-order chi connectivity index (χ1) is 12.2. The molecule has 0 aromatic heterocycles. The smallest absolute Gasteiger partial charge is 0.110 e. The van der Waals surface area contributed by atoms with Gasteiger partial charge >= 0.3 is 0 Å². The maximum Gasteiger partial charge on any atom is 0.110 e. The van der Waals surface area contributed by atoms with Gasteiger partial charge in [0.1, 0.15) is 6.10 Å². The van der Waals surface area contributed by atoms with Gasteiger partial charge in [0.05, 0.1) is 6.26 Å². The van der Waals surface area contributed by atoms with E-state index in [2.05, 4.69) is 65.6 Å². The molecule has 1 saturated heterocycles. The van der Waals surface area contributed by atoms with Gasteiger partial charge in [-0.2, -0.15) is 0 Å². The lowest BCUT2D eigenvalue weighted by atomic mass is 10.0. The van der Waals surface area contributed by atoms with Crippen LogP contribution in [0.1, 0.15) is 37.3 Å². The molecule has 4 heteroatoms. The Hall–Kier alpha value is -1.36. The highest BCUT2D eigenvalue weighted by atomic mass is 16.5. The first-order valence-corrected chi connectivity index (χ1v) is 9.70. The van der Waals surface area contributed by atoms with Crippen molar-refractivity contribution in [3.05, 3.63) is 48.2 Å². The summed E-state index contributed by atoms with van der Waals surface area (Å²) >= 11 is 0. The number of hydrogen-bond acceptors (Lipinski definition) is 4. The summed E-state index contributed by atoms with van der Waals surface area (Å²) in [6, 6.07) is 11.9. The van der Waals surface area contributed by atoms with E-state index >= 15 is 0 Å². The largest absolute Gasteiger partial charge is 0.497 e. The minimum absolute atomic E-state index is 0.296. The van der Waals surface area contributed by atoms with Crippen LogP contribution in [-0.2, 0) is 4.74 Å².